The number of ketones is 1. The Balaban J connectivity index is 1.45. The SMILES string of the molecule is C=C(C(=O)c1ccc(C(=O)NCCN2CCOCC2)cc1)c1cc(OC)c(OC)c(-c2cccs2)c1. The van der Waals surface area contributed by atoms with Gasteiger partial charge in [0.05, 0.1) is 27.4 Å². The van der Waals surface area contributed by atoms with Gasteiger partial charge in [0.25, 0.3) is 5.91 Å². The van der Waals surface area contributed by atoms with Gasteiger partial charge in [0.1, 0.15) is 0 Å². The molecule has 3 aromatic rings. The standard InChI is InChI=1S/C28H30N2O5S/c1-19(22-17-23(25-5-4-16-36-25)27(34-3)24(18-22)33-2)26(31)20-6-8-21(9-7-20)28(32)29-10-11-30-12-14-35-15-13-30/h4-9,16-18H,1,10-15H2,2-3H3,(H,29,32). The van der Waals surface area contributed by atoms with E-state index in [1.165, 1.54) is 0 Å². The third-order valence-electron chi connectivity index (χ3n) is 6.11. The number of nitrogens with one attached hydrogen (secondary N) is 1. The van der Waals surface area contributed by atoms with E-state index in [2.05, 4.69) is 16.8 Å². The van der Waals surface area contributed by atoms with Crippen LogP contribution < -0.4 is 14.8 Å². The van der Waals surface area contributed by atoms with Crippen LogP contribution in [0.5, 0.6) is 11.5 Å². The molecule has 2 heterocycles. The molecule has 1 N–H and O–H groups in total. The zero-order valence-corrected chi connectivity index (χ0v) is 21.4. The Bertz CT molecular complexity index is 1220. The summed E-state index contributed by atoms with van der Waals surface area (Å²) in [5.74, 6) is 0.740. The van der Waals surface area contributed by atoms with E-state index in [1.807, 2.05) is 23.6 Å². The molecule has 1 aliphatic heterocycles. The molecule has 188 valence electrons. The highest BCUT2D eigenvalue weighted by Gasteiger charge is 2.20. The average Bonchev–Trinajstić information content (AvgIpc) is 3.47. The third-order valence-corrected chi connectivity index (χ3v) is 7.02. The molecule has 0 atom stereocenters. The summed E-state index contributed by atoms with van der Waals surface area (Å²) in [4.78, 5) is 29.0. The van der Waals surface area contributed by atoms with E-state index in [1.54, 1.807) is 55.9 Å². The van der Waals surface area contributed by atoms with Crippen LogP contribution in [0.25, 0.3) is 16.0 Å². The lowest BCUT2D eigenvalue weighted by atomic mass is 9.95. The Labute approximate surface area is 215 Å². The smallest absolute Gasteiger partial charge is 0.251 e. The fraction of sp³-hybridized carbons (Fsp3) is 0.286. The monoisotopic (exact) mass is 506 g/mol. The third kappa shape index (κ3) is 5.84. The van der Waals surface area contributed by atoms with Crippen LogP contribution in [0.2, 0.25) is 0 Å². The van der Waals surface area contributed by atoms with Crippen molar-refractivity contribution >= 4 is 28.6 Å². The zero-order valence-electron chi connectivity index (χ0n) is 20.5. The summed E-state index contributed by atoms with van der Waals surface area (Å²) >= 11 is 1.57. The van der Waals surface area contributed by atoms with Gasteiger partial charge in [-0.1, -0.05) is 24.8 Å². The van der Waals surface area contributed by atoms with E-state index >= 15 is 0 Å². The van der Waals surface area contributed by atoms with Gasteiger partial charge in [-0.2, -0.15) is 0 Å². The molecule has 0 unspecified atom stereocenters. The number of benzene rings is 2. The molecule has 0 radical (unpaired) electrons. The Kier molecular flexibility index (Phi) is 8.53. The second-order valence-corrected chi connectivity index (χ2v) is 9.28. The van der Waals surface area contributed by atoms with E-state index < -0.39 is 0 Å². The van der Waals surface area contributed by atoms with Crippen molar-refractivity contribution in [3.63, 3.8) is 0 Å². The molecule has 4 rings (SSSR count). The number of Topliss-reactive ketones (excluding diaryl/α,β-unsaturated/α-hetero) is 1. The lowest BCUT2D eigenvalue weighted by Gasteiger charge is -2.26. The summed E-state index contributed by atoms with van der Waals surface area (Å²) in [6.07, 6.45) is 0. The normalized spacial score (nSPS) is 13.7. The van der Waals surface area contributed by atoms with Gasteiger partial charge in [-0.25, -0.2) is 0 Å². The summed E-state index contributed by atoms with van der Waals surface area (Å²) in [6, 6.07) is 14.2. The number of hydrogen-bond donors (Lipinski definition) is 1. The fourth-order valence-corrected chi connectivity index (χ4v) is 4.83. The lowest BCUT2D eigenvalue weighted by molar-refractivity contribution is 0.0383. The topological polar surface area (TPSA) is 77.1 Å². The first-order valence-corrected chi connectivity index (χ1v) is 12.6. The molecular formula is C28H30N2O5S. The molecule has 2 aromatic carbocycles. The Morgan fingerprint density at radius 3 is 2.39 bits per heavy atom. The number of morpholine rings is 1. The molecule has 1 fully saturated rings. The van der Waals surface area contributed by atoms with Crippen LogP contribution in [0, 0.1) is 0 Å². The first kappa shape index (κ1) is 25.6. The molecule has 0 spiro atoms. The van der Waals surface area contributed by atoms with Crippen molar-refractivity contribution in [3.05, 3.63) is 77.2 Å². The van der Waals surface area contributed by atoms with E-state index in [0.717, 1.165) is 43.3 Å². The maximum absolute atomic E-state index is 13.2. The van der Waals surface area contributed by atoms with Gasteiger partial charge in [0.2, 0.25) is 0 Å². The Hall–Kier alpha value is -3.46. The summed E-state index contributed by atoms with van der Waals surface area (Å²) in [6.45, 7) is 8.62. The van der Waals surface area contributed by atoms with Crippen LogP contribution >= 0.6 is 11.3 Å². The van der Waals surface area contributed by atoms with Crippen LogP contribution in [0.1, 0.15) is 26.3 Å². The van der Waals surface area contributed by atoms with Gasteiger partial charge in [-0.15, -0.1) is 11.3 Å². The first-order valence-electron chi connectivity index (χ1n) is 11.7. The molecule has 1 aliphatic rings. The molecule has 0 saturated carbocycles. The number of hydrogen-bond acceptors (Lipinski definition) is 7. The van der Waals surface area contributed by atoms with Gasteiger partial charge >= 0.3 is 0 Å². The van der Waals surface area contributed by atoms with Crippen LogP contribution in [0.15, 0.2) is 60.5 Å². The van der Waals surface area contributed by atoms with Crippen LogP contribution in [0.3, 0.4) is 0 Å². The highest BCUT2D eigenvalue weighted by atomic mass is 32.1. The van der Waals surface area contributed by atoms with E-state index in [9.17, 15) is 9.59 Å². The number of amides is 1. The molecule has 7 nitrogen and oxygen atoms in total. The number of ether oxygens (including phenoxy) is 3. The molecule has 0 aliphatic carbocycles. The number of rotatable bonds is 10. The van der Waals surface area contributed by atoms with Crippen LogP contribution in [0.4, 0.5) is 0 Å². The zero-order chi connectivity index (χ0) is 25.5. The van der Waals surface area contributed by atoms with Gasteiger partial charge in [-0.05, 0) is 41.3 Å². The lowest BCUT2D eigenvalue weighted by Crippen LogP contribution is -2.41. The average molecular weight is 507 g/mol. The number of nitrogens with zero attached hydrogens (tertiary/aromatic N) is 1. The molecule has 8 heteroatoms. The molecule has 1 amide bonds. The van der Waals surface area contributed by atoms with Crippen molar-refractivity contribution in [1.82, 2.24) is 10.2 Å². The largest absolute Gasteiger partial charge is 0.493 e. The van der Waals surface area contributed by atoms with Gasteiger partial charge in [0, 0.05) is 53.3 Å². The molecule has 1 saturated heterocycles. The fourth-order valence-electron chi connectivity index (χ4n) is 4.09. The van der Waals surface area contributed by atoms with Crippen molar-refractivity contribution in [1.29, 1.82) is 0 Å². The van der Waals surface area contributed by atoms with Crippen molar-refractivity contribution in [2.24, 2.45) is 0 Å². The number of carbonyl (C=O) groups excluding carboxylic acids is 2. The summed E-state index contributed by atoms with van der Waals surface area (Å²) in [5, 5.41) is 4.92. The summed E-state index contributed by atoms with van der Waals surface area (Å²) < 4.78 is 16.5. The van der Waals surface area contributed by atoms with Crippen molar-refractivity contribution in [2.75, 3.05) is 53.6 Å². The minimum absolute atomic E-state index is 0.165. The van der Waals surface area contributed by atoms with Crippen LogP contribution in [-0.2, 0) is 4.74 Å². The summed E-state index contributed by atoms with van der Waals surface area (Å²) in [7, 11) is 3.16. The predicted molar refractivity (Wildman–Crippen MR) is 142 cm³/mol. The summed E-state index contributed by atoms with van der Waals surface area (Å²) in [5.41, 5.74) is 2.77. The van der Waals surface area contributed by atoms with Gasteiger partial charge in [0.15, 0.2) is 17.3 Å². The minimum Gasteiger partial charge on any atom is -0.493 e. The highest BCUT2D eigenvalue weighted by molar-refractivity contribution is 7.13. The second-order valence-electron chi connectivity index (χ2n) is 8.33. The number of carbonyl (C=O) groups is 2. The van der Waals surface area contributed by atoms with Crippen molar-refractivity contribution < 1.29 is 23.8 Å². The Morgan fingerprint density at radius 1 is 1.03 bits per heavy atom. The molecule has 1 aromatic heterocycles. The quantitative estimate of drug-likeness (QED) is 0.325. The maximum atomic E-state index is 13.2. The van der Waals surface area contributed by atoms with Gasteiger partial charge < -0.3 is 19.5 Å². The Morgan fingerprint density at radius 2 is 1.75 bits per heavy atom. The minimum atomic E-state index is -0.223. The van der Waals surface area contributed by atoms with E-state index in [0.29, 0.717) is 40.3 Å². The van der Waals surface area contributed by atoms with Crippen molar-refractivity contribution in [2.45, 2.75) is 0 Å². The maximum Gasteiger partial charge on any atom is 0.251 e. The van der Waals surface area contributed by atoms with Crippen LogP contribution in [-0.4, -0.2) is 70.2 Å². The number of thiophene rings is 1. The molecule has 0 bridgehead atoms. The van der Waals surface area contributed by atoms with Crippen molar-refractivity contribution in [3.8, 4) is 21.9 Å². The molecule has 36 heavy (non-hydrogen) atoms. The van der Waals surface area contributed by atoms with E-state index in [4.69, 9.17) is 14.2 Å². The van der Waals surface area contributed by atoms with Gasteiger partial charge in [-0.3, -0.25) is 14.5 Å². The second kappa shape index (κ2) is 12.0. The van der Waals surface area contributed by atoms with E-state index in [-0.39, 0.29) is 11.7 Å². The predicted octanol–water partition coefficient (Wildman–Crippen LogP) is 4.39. The highest BCUT2D eigenvalue weighted by Crippen LogP contribution is 2.42. The number of methoxy groups -OCH3 is 2. The first-order chi connectivity index (χ1) is 17.5. The molecular weight excluding hydrogens is 476 g/mol. The number of allylic oxidation sites excluding steroid dienone is 1.